The van der Waals surface area contributed by atoms with E-state index in [1.165, 1.54) is 0 Å². The van der Waals surface area contributed by atoms with Crippen LogP contribution >= 0.6 is 43.5 Å². The Morgan fingerprint density at radius 3 is 2.29 bits per heavy atom. The Bertz CT molecular complexity index is 656. The quantitative estimate of drug-likeness (QED) is 0.288. The summed E-state index contributed by atoms with van der Waals surface area (Å²) >= 11 is 13.4. The number of hydrogen-bond acceptors (Lipinski definition) is 2. The number of hydrogen-bond donors (Lipinski definition) is 0. The summed E-state index contributed by atoms with van der Waals surface area (Å²) < 4.78 is 2.00. The second-order valence-electron chi connectivity index (χ2n) is 4.91. The summed E-state index contributed by atoms with van der Waals surface area (Å²) in [5, 5.41) is 8.70. The number of benzene rings is 2. The van der Waals surface area contributed by atoms with Crippen molar-refractivity contribution in [2.75, 3.05) is 0 Å². The SMILES string of the molecule is CC(/N=N/C(C)(Cl)c1cccc(Br)c1)c1cccc(Br)c1. The van der Waals surface area contributed by atoms with Crippen molar-refractivity contribution in [1.29, 1.82) is 0 Å². The van der Waals surface area contributed by atoms with E-state index in [0.29, 0.717) is 0 Å². The zero-order chi connectivity index (χ0) is 15.5. The van der Waals surface area contributed by atoms with Gasteiger partial charge in [-0.2, -0.15) is 10.2 Å². The lowest BCUT2D eigenvalue weighted by atomic mass is 10.1. The predicted molar refractivity (Wildman–Crippen MR) is 94.8 cm³/mol. The van der Waals surface area contributed by atoms with E-state index >= 15 is 0 Å². The summed E-state index contributed by atoms with van der Waals surface area (Å²) in [6, 6.07) is 15.8. The molecular weight excluding hydrogens is 415 g/mol. The van der Waals surface area contributed by atoms with Crippen molar-refractivity contribution in [1.82, 2.24) is 0 Å². The molecule has 0 saturated heterocycles. The van der Waals surface area contributed by atoms with E-state index in [0.717, 1.165) is 20.1 Å². The lowest BCUT2D eigenvalue weighted by molar-refractivity contribution is 0.612. The van der Waals surface area contributed by atoms with Gasteiger partial charge in [0, 0.05) is 8.95 Å². The Morgan fingerprint density at radius 2 is 1.67 bits per heavy atom. The fraction of sp³-hybridized carbons (Fsp3) is 0.250. The molecule has 0 aliphatic carbocycles. The van der Waals surface area contributed by atoms with E-state index in [2.05, 4.69) is 42.1 Å². The summed E-state index contributed by atoms with van der Waals surface area (Å²) in [5.41, 5.74) is 2.00. The molecule has 0 fully saturated rings. The maximum absolute atomic E-state index is 6.51. The first-order valence-electron chi connectivity index (χ1n) is 6.51. The number of nitrogens with zero attached hydrogens (tertiary/aromatic N) is 2. The van der Waals surface area contributed by atoms with Gasteiger partial charge in [0.15, 0.2) is 5.00 Å². The summed E-state index contributed by atoms with van der Waals surface area (Å²) in [6.45, 7) is 3.84. The molecule has 110 valence electrons. The summed E-state index contributed by atoms with van der Waals surface area (Å²) in [6.07, 6.45) is 0. The zero-order valence-electron chi connectivity index (χ0n) is 11.7. The molecule has 2 aromatic carbocycles. The van der Waals surface area contributed by atoms with Gasteiger partial charge in [-0.25, -0.2) is 0 Å². The van der Waals surface area contributed by atoms with Crippen LogP contribution in [0.1, 0.15) is 31.0 Å². The van der Waals surface area contributed by atoms with Gasteiger partial charge < -0.3 is 0 Å². The molecule has 21 heavy (non-hydrogen) atoms. The van der Waals surface area contributed by atoms with Crippen molar-refractivity contribution in [3.8, 4) is 0 Å². The average molecular weight is 431 g/mol. The van der Waals surface area contributed by atoms with Gasteiger partial charge in [-0.1, -0.05) is 67.7 Å². The van der Waals surface area contributed by atoms with Gasteiger partial charge in [-0.3, -0.25) is 0 Å². The lowest BCUT2D eigenvalue weighted by Crippen LogP contribution is -2.09. The normalized spacial score (nSPS) is 15.9. The third-order valence-electron chi connectivity index (χ3n) is 3.10. The minimum atomic E-state index is -0.871. The Kier molecular flexibility index (Phi) is 5.58. The minimum Gasteiger partial charge on any atom is -0.184 e. The van der Waals surface area contributed by atoms with E-state index in [1.54, 1.807) is 0 Å². The van der Waals surface area contributed by atoms with Gasteiger partial charge in [0.1, 0.15) is 0 Å². The van der Waals surface area contributed by atoms with Crippen molar-refractivity contribution in [3.63, 3.8) is 0 Å². The van der Waals surface area contributed by atoms with E-state index < -0.39 is 5.00 Å². The van der Waals surface area contributed by atoms with Crippen molar-refractivity contribution >= 4 is 43.5 Å². The highest BCUT2D eigenvalue weighted by molar-refractivity contribution is 9.10. The van der Waals surface area contributed by atoms with Gasteiger partial charge in [0.2, 0.25) is 0 Å². The smallest absolute Gasteiger partial charge is 0.176 e. The monoisotopic (exact) mass is 428 g/mol. The average Bonchev–Trinajstić information content (AvgIpc) is 2.45. The Labute approximate surface area is 146 Å². The molecule has 0 heterocycles. The van der Waals surface area contributed by atoms with Crippen LogP contribution in [0.3, 0.4) is 0 Å². The molecule has 2 aromatic rings. The molecule has 0 spiro atoms. The van der Waals surface area contributed by atoms with Gasteiger partial charge in [0.25, 0.3) is 0 Å². The summed E-state index contributed by atoms with van der Waals surface area (Å²) in [5.74, 6) is 0. The van der Waals surface area contributed by atoms with Crippen LogP contribution in [-0.2, 0) is 5.00 Å². The van der Waals surface area contributed by atoms with Crippen LogP contribution in [0.4, 0.5) is 0 Å². The maximum atomic E-state index is 6.51. The van der Waals surface area contributed by atoms with Gasteiger partial charge >= 0.3 is 0 Å². The molecule has 2 unspecified atom stereocenters. The Balaban J connectivity index is 2.19. The van der Waals surface area contributed by atoms with Gasteiger partial charge in [-0.05, 0) is 49.2 Å². The molecule has 2 rings (SSSR count). The van der Waals surface area contributed by atoms with E-state index in [9.17, 15) is 0 Å². The largest absolute Gasteiger partial charge is 0.184 e. The third-order valence-corrected chi connectivity index (χ3v) is 4.38. The van der Waals surface area contributed by atoms with Crippen LogP contribution < -0.4 is 0 Å². The lowest BCUT2D eigenvalue weighted by Gasteiger charge is -2.17. The molecule has 2 atom stereocenters. The first kappa shape index (κ1) is 16.7. The topological polar surface area (TPSA) is 24.7 Å². The van der Waals surface area contributed by atoms with E-state index in [1.807, 2.05) is 62.4 Å². The number of azo groups is 1. The molecule has 0 bridgehead atoms. The van der Waals surface area contributed by atoms with Crippen LogP contribution in [0, 0.1) is 0 Å². The van der Waals surface area contributed by atoms with Crippen LogP contribution in [0.5, 0.6) is 0 Å². The highest BCUT2D eigenvalue weighted by atomic mass is 79.9. The Hall–Kier alpha value is -0.710. The third kappa shape index (κ3) is 4.63. The molecule has 0 saturated carbocycles. The second kappa shape index (κ2) is 7.03. The van der Waals surface area contributed by atoms with E-state index in [-0.39, 0.29) is 6.04 Å². The van der Waals surface area contributed by atoms with Crippen LogP contribution in [0.2, 0.25) is 0 Å². The highest BCUT2D eigenvalue weighted by Gasteiger charge is 2.23. The van der Waals surface area contributed by atoms with Crippen molar-refractivity contribution in [2.24, 2.45) is 10.2 Å². The second-order valence-corrected chi connectivity index (χ2v) is 7.48. The zero-order valence-corrected chi connectivity index (χ0v) is 15.7. The first-order chi connectivity index (χ1) is 9.88. The van der Waals surface area contributed by atoms with Crippen LogP contribution in [0.15, 0.2) is 67.7 Å². The van der Waals surface area contributed by atoms with E-state index in [4.69, 9.17) is 11.6 Å². The van der Waals surface area contributed by atoms with Crippen molar-refractivity contribution in [3.05, 3.63) is 68.6 Å². The highest BCUT2D eigenvalue weighted by Crippen LogP contribution is 2.33. The van der Waals surface area contributed by atoms with Crippen LogP contribution in [-0.4, -0.2) is 0 Å². The molecular formula is C16H15Br2ClN2. The van der Waals surface area contributed by atoms with Crippen molar-refractivity contribution < 1.29 is 0 Å². The summed E-state index contributed by atoms with van der Waals surface area (Å²) in [7, 11) is 0. The standard InChI is InChI=1S/C16H15Br2ClN2/c1-11(12-5-3-7-14(17)9-12)20-21-16(2,19)13-6-4-8-15(18)10-13/h3-11H,1-2H3/b21-20+. The molecule has 0 radical (unpaired) electrons. The number of halogens is 3. The molecule has 0 aromatic heterocycles. The molecule has 2 nitrogen and oxygen atoms in total. The first-order valence-corrected chi connectivity index (χ1v) is 8.47. The minimum absolute atomic E-state index is 0.0484. The predicted octanol–water partition coefficient (Wildman–Crippen LogP) is 6.84. The molecule has 0 amide bonds. The van der Waals surface area contributed by atoms with Crippen LogP contribution in [0.25, 0.3) is 0 Å². The number of alkyl halides is 1. The van der Waals surface area contributed by atoms with Crippen molar-refractivity contribution in [2.45, 2.75) is 24.9 Å². The fourth-order valence-corrected chi connectivity index (χ4v) is 2.84. The molecule has 0 aliphatic rings. The molecule has 0 aliphatic heterocycles. The van der Waals surface area contributed by atoms with Gasteiger partial charge in [-0.15, -0.1) is 0 Å². The van der Waals surface area contributed by atoms with Gasteiger partial charge in [0.05, 0.1) is 6.04 Å². The molecule has 5 heteroatoms. The Morgan fingerprint density at radius 1 is 1.05 bits per heavy atom. The maximum Gasteiger partial charge on any atom is 0.176 e. The molecule has 0 N–H and O–H groups in total. The fourth-order valence-electron chi connectivity index (χ4n) is 1.86. The number of rotatable bonds is 4. The summed E-state index contributed by atoms with van der Waals surface area (Å²) in [4.78, 5) is -0.871.